The Labute approximate surface area is 167 Å². The molecule has 144 valence electrons. The largest absolute Gasteiger partial charge is 0.476 e. The standard InChI is InChI=1S/C18H17Cl2NO5S/c19-14-10-15(20)17(26-18(22)21-8-4-5-9-21)11-16(14)25-12-27(23,24)13-6-2-1-3-7-13/h1-3,6-7,10-11H,4-5,8-9,12H2. The summed E-state index contributed by atoms with van der Waals surface area (Å²) in [5.74, 6) is -0.493. The molecule has 0 N–H and O–H groups in total. The Bertz CT molecular complexity index is 928. The molecule has 1 aliphatic heterocycles. The van der Waals surface area contributed by atoms with E-state index >= 15 is 0 Å². The van der Waals surface area contributed by atoms with E-state index in [9.17, 15) is 13.2 Å². The summed E-state index contributed by atoms with van der Waals surface area (Å²) in [6.45, 7) is 1.26. The van der Waals surface area contributed by atoms with Crippen LogP contribution in [0, 0.1) is 0 Å². The van der Waals surface area contributed by atoms with Crippen molar-refractivity contribution in [3.8, 4) is 11.5 Å². The lowest BCUT2D eigenvalue weighted by atomic mass is 10.3. The van der Waals surface area contributed by atoms with Crippen molar-refractivity contribution in [3.05, 3.63) is 52.5 Å². The summed E-state index contributed by atoms with van der Waals surface area (Å²) in [6.07, 6.45) is 1.34. The average Bonchev–Trinajstić information content (AvgIpc) is 3.18. The Morgan fingerprint density at radius 1 is 1.00 bits per heavy atom. The zero-order valence-corrected chi connectivity index (χ0v) is 16.6. The van der Waals surface area contributed by atoms with Crippen LogP contribution in [0.1, 0.15) is 12.8 Å². The first kappa shape index (κ1) is 19.8. The molecule has 2 aromatic rings. The number of halogens is 2. The van der Waals surface area contributed by atoms with Gasteiger partial charge in [0.05, 0.1) is 14.9 Å². The molecule has 0 bridgehead atoms. The van der Waals surface area contributed by atoms with E-state index in [2.05, 4.69) is 0 Å². The van der Waals surface area contributed by atoms with Crippen molar-refractivity contribution in [2.45, 2.75) is 17.7 Å². The highest BCUT2D eigenvalue weighted by Crippen LogP contribution is 2.36. The zero-order chi connectivity index (χ0) is 19.4. The molecule has 1 saturated heterocycles. The quantitative estimate of drug-likeness (QED) is 0.703. The summed E-state index contributed by atoms with van der Waals surface area (Å²) in [4.78, 5) is 13.9. The Morgan fingerprint density at radius 2 is 1.63 bits per heavy atom. The number of carbonyl (C=O) groups excluding carboxylic acids is 1. The van der Waals surface area contributed by atoms with Gasteiger partial charge in [-0.1, -0.05) is 41.4 Å². The number of hydrogen-bond donors (Lipinski definition) is 0. The highest BCUT2D eigenvalue weighted by Gasteiger charge is 2.22. The molecule has 0 unspecified atom stereocenters. The van der Waals surface area contributed by atoms with E-state index in [0.717, 1.165) is 12.8 Å². The second kappa shape index (κ2) is 8.37. The Morgan fingerprint density at radius 3 is 2.30 bits per heavy atom. The molecule has 9 heteroatoms. The van der Waals surface area contributed by atoms with E-state index in [-0.39, 0.29) is 26.4 Å². The first-order chi connectivity index (χ1) is 12.9. The third kappa shape index (κ3) is 4.86. The number of sulfone groups is 1. The van der Waals surface area contributed by atoms with Gasteiger partial charge < -0.3 is 14.4 Å². The minimum Gasteiger partial charge on any atom is -0.476 e. The van der Waals surface area contributed by atoms with Crippen molar-refractivity contribution in [1.29, 1.82) is 0 Å². The minimum atomic E-state index is -3.66. The predicted octanol–water partition coefficient (Wildman–Crippen LogP) is 4.40. The van der Waals surface area contributed by atoms with Gasteiger partial charge in [0.25, 0.3) is 0 Å². The van der Waals surface area contributed by atoms with Crippen LogP contribution in [0.15, 0.2) is 47.4 Å². The van der Waals surface area contributed by atoms with Crippen LogP contribution in [0.5, 0.6) is 11.5 Å². The van der Waals surface area contributed by atoms with Crippen LogP contribution < -0.4 is 9.47 Å². The van der Waals surface area contributed by atoms with Crippen LogP contribution in [0.3, 0.4) is 0 Å². The number of nitrogens with zero attached hydrogens (tertiary/aromatic N) is 1. The van der Waals surface area contributed by atoms with E-state index < -0.39 is 21.9 Å². The van der Waals surface area contributed by atoms with Gasteiger partial charge in [0.1, 0.15) is 5.75 Å². The number of amides is 1. The van der Waals surface area contributed by atoms with Gasteiger partial charge in [0.15, 0.2) is 11.7 Å². The number of benzene rings is 2. The van der Waals surface area contributed by atoms with Gasteiger partial charge in [-0.05, 0) is 31.0 Å². The molecule has 1 aliphatic rings. The molecule has 2 aromatic carbocycles. The van der Waals surface area contributed by atoms with Crippen LogP contribution in [0.4, 0.5) is 4.79 Å². The van der Waals surface area contributed by atoms with Gasteiger partial charge in [-0.15, -0.1) is 0 Å². The molecule has 0 saturated carbocycles. The predicted molar refractivity (Wildman–Crippen MR) is 102 cm³/mol. The van der Waals surface area contributed by atoms with Crippen LogP contribution >= 0.6 is 23.2 Å². The lowest BCUT2D eigenvalue weighted by Gasteiger charge is -2.16. The zero-order valence-electron chi connectivity index (χ0n) is 14.2. The lowest BCUT2D eigenvalue weighted by molar-refractivity contribution is 0.162. The Balaban J connectivity index is 1.74. The summed E-state index contributed by atoms with van der Waals surface area (Å²) < 4.78 is 35.4. The molecule has 0 radical (unpaired) electrons. The van der Waals surface area contributed by atoms with Crippen molar-refractivity contribution in [3.63, 3.8) is 0 Å². The van der Waals surface area contributed by atoms with Crippen molar-refractivity contribution in [1.82, 2.24) is 4.90 Å². The van der Waals surface area contributed by atoms with E-state index in [0.29, 0.717) is 13.1 Å². The number of hydrogen-bond acceptors (Lipinski definition) is 5. The fraction of sp³-hybridized carbons (Fsp3) is 0.278. The molecule has 1 fully saturated rings. The van der Waals surface area contributed by atoms with E-state index in [1.165, 1.54) is 24.3 Å². The Hall–Kier alpha value is -1.96. The summed E-state index contributed by atoms with van der Waals surface area (Å²) in [7, 11) is -3.66. The van der Waals surface area contributed by atoms with Gasteiger partial charge in [-0.3, -0.25) is 0 Å². The van der Waals surface area contributed by atoms with Gasteiger partial charge >= 0.3 is 6.09 Å². The van der Waals surface area contributed by atoms with Crippen molar-refractivity contribution in [2.75, 3.05) is 19.0 Å². The van der Waals surface area contributed by atoms with E-state index in [4.69, 9.17) is 32.7 Å². The van der Waals surface area contributed by atoms with Gasteiger partial charge in [-0.2, -0.15) is 0 Å². The molecular formula is C18H17Cl2NO5S. The molecule has 1 heterocycles. The van der Waals surface area contributed by atoms with Crippen LogP contribution in [0.2, 0.25) is 10.0 Å². The second-order valence-corrected chi connectivity index (χ2v) is 8.72. The van der Waals surface area contributed by atoms with E-state index in [1.807, 2.05) is 0 Å². The fourth-order valence-electron chi connectivity index (χ4n) is 2.59. The molecule has 27 heavy (non-hydrogen) atoms. The second-order valence-electron chi connectivity index (χ2n) is 5.97. The normalized spacial score (nSPS) is 14.2. The Kier molecular flexibility index (Phi) is 6.14. The lowest BCUT2D eigenvalue weighted by Crippen LogP contribution is -2.30. The maximum absolute atomic E-state index is 12.3. The molecule has 0 atom stereocenters. The third-order valence-corrected chi connectivity index (χ3v) is 6.03. The van der Waals surface area contributed by atoms with Gasteiger partial charge in [0.2, 0.25) is 9.84 Å². The first-order valence-electron chi connectivity index (χ1n) is 8.23. The van der Waals surface area contributed by atoms with Crippen molar-refractivity contribution < 1.29 is 22.7 Å². The monoisotopic (exact) mass is 429 g/mol. The third-order valence-electron chi connectivity index (χ3n) is 4.02. The number of carbonyl (C=O) groups is 1. The maximum Gasteiger partial charge on any atom is 0.415 e. The van der Waals surface area contributed by atoms with Crippen molar-refractivity contribution in [2.24, 2.45) is 0 Å². The van der Waals surface area contributed by atoms with E-state index in [1.54, 1.807) is 23.1 Å². The molecular weight excluding hydrogens is 413 g/mol. The molecule has 1 amide bonds. The summed E-state index contributed by atoms with van der Waals surface area (Å²) >= 11 is 12.2. The molecule has 0 aromatic heterocycles. The van der Waals surface area contributed by atoms with Gasteiger partial charge in [-0.25, -0.2) is 13.2 Å². The van der Waals surface area contributed by atoms with Crippen LogP contribution in [0.25, 0.3) is 0 Å². The average molecular weight is 430 g/mol. The number of likely N-dealkylation sites (tertiary alicyclic amines) is 1. The maximum atomic E-state index is 12.3. The highest BCUT2D eigenvalue weighted by atomic mass is 35.5. The number of rotatable bonds is 5. The summed E-state index contributed by atoms with van der Waals surface area (Å²) in [6, 6.07) is 10.6. The van der Waals surface area contributed by atoms with Gasteiger partial charge in [0, 0.05) is 19.2 Å². The van der Waals surface area contributed by atoms with Crippen LogP contribution in [-0.4, -0.2) is 38.4 Å². The van der Waals surface area contributed by atoms with Crippen LogP contribution in [-0.2, 0) is 9.84 Å². The summed E-state index contributed by atoms with van der Waals surface area (Å²) in [5, 5.41) is 0.245. The molecule has 6 nitrogen and oxygen atoms in total. The molecule has 0 aliphatic carbocycles. The summed E-state index contributed by atoms with van der Waals surface area (Å²) in [5.41, 5.74) is 0. The topological polar surface area (TPSA) is 72.9 Å². The first-order valence-corrected chi connectivity index (χ1v) is 10.6. The SMILES string of the molecule is O=C(Oc1cc(OCS(=O)(=O)c2ccccc2)c(Cl)cc1Cl)N1CCCC1. The smallest absolute Gasteiger partial charge is 0.415 e. The minimum absolute atomic E-state index is 0.0600. The number of ether oxygens (including phenoxy) is 2. The van der Waals surface area contributed by atoms with Crippen molar-refractivity contribution >= 4 is 39.1 Å². The highest BCUT2D eigenvalue weighted by molar-refractivity contribution is 7.91. The fourth-order valence-corrected chi connectivity index (χ4v) is 4.06. The molecule has 3 rings (SSSR count). The molecule has 0 spiro atoms.